The van der Waals surface area contributed by atoms with E-state index in [4.69, 9.17) is 0 Å². The molecule has 1 aromatic heterocycles. The molecule has 0 unspecified atom stereocenters. The van der Waals surface area contributed by atoms with E-state index in [1.54, 1.807) is 30.5 Å². The molecule has 0 saturated carbocycles. The van der Waals surface area contributed by atoms with Gasteiger partial charge in [0.1, 0.15) is 0 Å². The van der Waals surface area contributed by atoms with Crippen LogP contribution in [0.4, 0.5) is 17.6 Å². The average Bonchev–Trinajstić information content (AvgIpc) is 2.38. The van der Waals surface area contributed by atoms with E-state index in [0.717, 1.165) is 16.5 Å². The Kier molecular flexibility index (Phi) is 3.99. The van der Waals surface area contributed by atoms with E-state index in [-0.39, 0.29) is 6.54 Å². The van der Waals surface area contributed by atoms with E-state index in [1.807, 2.05) is 6.07 Å². The van der Waals surface area contributed by atoms with Crippen molar-refractivity contribution in [2.45, 2.75) is 18.9 Å². The van der Waals surface area contributed by atoms with Crippen molar-refractivity contribution in [3.63, 3.8) is 0 Å². The molecule has 0 saturated heterocycles. The van der Waals surface area contributed by atoms with Crippen LogP contribution in [-0.2, 0) is 6.54 Å². The van der Waals surface area contributed by atoms with Crippen LogP contribution >= 0.6 is 0 Å². The lowest BCUT2D eigenvalue weighted by atomic mass is 10.1. The molecule has 0 radical (unpaired) electrons. The highest BCUT2D eigenvalue weighted by Crippen LogP contribution is 2.21. The van der Waals surface area contributed by atoms with Gasteiger partial charge in [0.2, 0.25) is 0 Å². The Hall–Kier alpha value is -1.69. The Morgan fingerprint density at radius 2 is 2.00 bits per heavy atom. The highest BCUT2D eigenvalue weighted by molar-refractivity contribution is 5.78. The van der Waals surface area contributed by atoms with Gasteiger partial charge < -0.3 is 5.32 Å². The van der Waals surface area contributed by atoms with Gasteiger partial charge in [0, 0.05) is 18.1 Å². The number of alkyl halides is 4. The van der Waals surface area contributed by atoms with Gasteiger partial charge in [-0.1, -0.05) is 12.1 Å². The number of fused-ring (bicyclic) bond motifs is 1. The molecule has 1 N–H and O–H groups in total. The maximum absolute atomic E-state index is 12.7. The van der Waals surface area contributed by atoms with Crippen LogP contribution < -0.4 is 5.32 Å². The fourth-order valence-corrected chi connectivity index (χ4v) is 1.69. The lowest BCUT2D eigenvalue weighted by Gasteiger charge is -2.15. The first-order chi connectivity index (χ1) is 8.99. The van der Waals surface area contributed by atoms with Crippen molar-refractivity contribution in [1.82, 2.24) is 10.3 Å². The minimum Gasteiger partial charge on any atom is -0.307 e. The number of nitrogens with one attached hydrogen (secondary N) is 1. The average molecular weight is 272 g/mol. The van der Waals surface area contributed by atoms with Gasteiger partial charge >= 0.3 is 12.3 Å². The summed E-state index contributed by atoms with van der Waals surface area (Å²) in [6.45, 7) is -0.942. The number of hydrogen-bond acceptors (Lipinski definition) is 2. The smallest absolute Gasteiger partial charge is 0.307 e. The molecule has 1 aromatic carbocycles. The Labute approximate surface area is 107 Å². The zero-order valence-corrected chi connectivity index (χ0v) is 9.91. The summed E-state index contributed by atoms with van der Waals surface area (Å²) in [5.41, 5.74) is 1.54. The minimum absolute atomic E-state index is 0.104. The van der Waals surface area contributed by atoms with Gasteiger partial charge in [0.25, 0.3) is 0 Å². The molecule has 2 nitrogen and oxygen atoms in total. The third-order valence-electron chi connectivity index (χ3n) is 2.68. The molecule has 0 aliphatic heterocycles. The molecule has 0 bridgehead atoms. The van der Waals surface area contributed by atoms with Crippen LogP contribution in [0, 0.1) is 0 Å². The van der Waals surface area contributed by atoms with Crippen molar-refractivity contribution in [3.8, 4) is 0 Å². The number of hydrogen-bond donors (Lipinski definition) is 1. The number of aromatic nitrogens is 1. The lowest BCUT2D eigenvalue weighted by molar-refractivity contribution is -0.125. The summed E-state index contributed by atoms with van der Waals surface area (Å²) < 4.78 is 49.3. The summed E-state index contributed by atoms with van der Waals surface area (Å²) in [7, 11) is 0. The van der Waals surface area contributed by atoms with Crippen LogP contribution in [0.5, 0.6) is 0 Å². The predicted molar refractivity (Wildman–Crippen MR) is 64.4 cm³/mol. The zero-order chi connectivity index (χ0) is 13.9. The Morgan fingerprint density at radius 3 is 2.74 bits per heavy atom. The largest absolute Gasteiger partial charge is 0.319 e. The third-order valence-corrected chi connectivity index (χ3v) is 2.68. The lowest BCUT2D eigenvalue weighted by Crippen LogP contribution is -2.38. The second kappa shape index (κ2) is 5.52. The summed E-state index contributed by atoms with van der Waals surface area (Å²) >= 11 is 0. The predicted octanol–water partition coefficient (Wildman–Crippen LogP) is 3.22. The summed E-state index contributed by atoms with van der Waals surface area (Å²) in [5, 5.41) is 3.21. The molecule has 0 atom stereocenters. The highest BCUT2D eigenvalue weighted by atomic mass is 19.3. The molecule has 1 heterocycles. The number of benzene rings is 1. The standard InChI is InChI=1S/C13H12F4N2/c14-12(15)13(16,17)8-18-7-9-3-4-11-10(6-9)2-1-5-19-11/h1-6,12,18H,7-8H2. The second-order valence-corrected chi connectivity index (χ2v) is 4.20. The van der Waals surface area contributed by atoms with E-state index in [0.29, 0.717) is 0 Å². The van der Waals surface area contributed by atoms with Gasteiger partial charge in [-0.25, -0.2) is 8.78 Å². The van der Waals surface area contributed by atoms with E-state index in [2.05, 4.69) is 10.3 Å². The SMILES string of the molecule is FC(F)C(F)(F)CNCc1ccc2ncccc2c1. The molecule has 0 aliphatic carbocycles. The van der Waals surface area contributed by atoms with Gasteiger partial charge in [-0.3, -0.25) is 4.98 Å². The van der Waals surface area contributed by atoms with Crippen molar-refractivity contribution in [3.05, 3.63) is 42.1 Å². The molecule has 2 aromatic rings. The first-order valence-electron chi connectivity index (χ1n) is 5.69. The summed E-state index contributed by atoms with van der Waals surface area (Å²) in [5.74, 6) is -4.00. The number of nitrogens with zero attached hydrogens (tertiary/aromatic N) is 1. The monoisotopic (exact) mass is 272 g/mol. The molecule has 0 spiro atoms. The Bertz CT molecular complexity index is 557. The first-order valence-corrected chi connectivity index (χ1v) is 5.69. The van der Waals surface area contributed by atoms with Crippen molar-refractivity contribution >= 4 is 10.9 Å². The first kappa shape index (κ1) is 13.7. The fourth-order valence-electron chi connectivity index (χ4n) is 1.69. The van der Waals surface area contributed by atoms with Gasteiger partial charge in [-0.2, -0.15) is 8.78 Å². The summed E-state index contributed by atoms with van der Waals surface area (Å²) in [6, 6.07) is 8.89. The van der Waals surface area contributed by atoms with Gasteiger partial charge in [0.15, 0.2) is 0 Å². The van der Waals surface area contributed by atoms with Gasteiger partial charge in [0.05, 0.1) is 12.1 Å². The highest BCUT2D eigenvalue weighted by Gasteiger charge is 2.39. The Balaban J connectivity index is 1.98. The van der Waals surface area contributed by atoms with E-state index in [9.17, 15) is 17.6 Å². The molecule has 0 fully saturated rings. The van der Waals surface area contributed by atoms with E-state index < -0.39 is 18.9 Å². The molecule has 0 aliphatic rings. The maximum Gasteiger partial charge on any atom is 0.319 e. The van der Waals surface area contributed by atoms with Gasteiger partial charge in [-0.15, -0.1) is 0 Å². The summed E-state index contributed by atoms with van der Waals surface area (Å²) in [4.78, 5) is 4.13. The van der Waals surface area contributed by atoms with Gasteiger partial charge in [-0.05, 0) is 23.8 Å². The van der Waals surface area contributed by atoms with Crippen LogP contribution in [0.15, 0.2) is 36.5 Å². The van der Waals surface area contributed by atoms with Crippen molar-refractivity contribution in [2.24, 2.45) is 0 Å². The van der Waals surface area contributed by atoms with Crippen LogP contribution in [-0.4, -0.2) is 23.9 Å². The minimum atomic E-state index is -4.00. The summed E-state index contributed by atoms with van der Waals surface area (Å²) in [6.07, 6.45) is -2.00. The van der Waals surface area contributed by atoms with Crippen LogP contribution in [0.2, 0.25) is 0 Å². The topological polar surface area (TPSA) is 24.9 Å². The molecule has 102 valence electrons. The fraction of sp³-hybridized carbons (Fsp3) is 0.308. The number of pyridine rings is 1. The molecular weight excluding hydrogens is 260 g/mol. The Morgan fingerprint density at radius 1 is 1.21 bits per heavy atom. The van der Waals surface area contributed by atoms with Crippen LogP contribution in [0.25, 0.3) is 10.9 Å². The molecule has 6 heteroatoms. The number of halogens is 4. The van der Waals surface area contributed by atoms with E-state index in [1.165, 1.54) is 0 Å². The molecule has 19 heavy (non-hydrogen) atoms. The maximum atomic E-state index is 12.7. The van der Waals surface area contributed by atoms with Crippen LogP contribution in [0.3, 0.4) is 0 Å². The zero-order valence-electron chi connectivity index (χ0n) is 9.91. The third kappa shape index (κ3) is 3.41. The number of rotatable bonds is 5. The molecule has 2 rings (SSSR count). The van der Waals surface area contributed by atoms with Crippen molar-refractivity contribution in [1.29, 1.82) is 0 Å². The quantitative estimate of drug-likeness (QED) is 0.845. The van der Waals surface area contributed by atoms with E-state index >= 15 is 0 Å². The van der Waals surface area contributed by atoms with Crippen molar-refractivity contribution in [2.75, 3.05) is 6.54 Å². The van der Waals surface area contributed by atoms with Crippen LogP contribution in [0.1, 0.15) is 5.56 Å². The normalized spacial score (nSPS) is 12.3. The molecule has 0 amide bonds. The van der Waals surface area contributed by atoms with Crippen molar-refractivity contribution < 1.29 is 17.6 Å². The second-order valence-electron chi connectivity index (χ2n) is 4.20. The molecular formula is C13H12F4N2.